The van der Waals surface area contributed by atoms with Crippen molar-refractivity contribution < 1.29 is 9.13 Å². The number of aromatic nitrogens is 3. The van der Waals surface area contributed by atoms with E-state index in [0.29, 0.717) is 34.3 Å². The smallest absolute Gasteiger partial charge is 0.164 e. The number of hydrogen-bond donors (Lipinski definition) is 0. The maximum absolute atomic E-state index is 13.5. The quantitative estimate of drug-likeness (QED) is 0.732. The van der Waals surface area contributed by atoms with Gasteiger partial charge in [-0.3, -0.25) is 0 Å². The molecule has 0 saturated heterocycles. The van der Waals surface area contributed by atoms with Gasteiger partial charge in [0.2, 0.25) is 0 Å². The summed E-state index contributed by atoms with van der Waals surface area (Å²) in [5.74, 6) is 1.10. The lowest BCUT2D eigenvalue weighted by atomic mass is 10.2. The van der Waals surface area contributed by atoms with E-state index >= 15 is 0 Å². The number of ether oxygens (including phenoxy) is 1. The van der Waals surface area contributed by atoms with Crippen LogP contribution in [0.25, 0.3) is 11.4 Å². The van der Waals surface area contributed by atoms with Gasteiger partial charge in [0.1, 0.15) is 11.6 Å². The zero-order valence-electron chi connectivity index (χ0n) is 10.2. The third-order valence-corrected chi connectivity index (χ3v) is 3.55. The Morgan fingerprint density at radius 3 is 2.74 bits per heavy atom. The van der Waals surface area contributed by atoms with Crippen LogP contribution in [0.4, 0.5) is 4.39 Å². The highest BCUT2D eigenvalue weighted by Crippen LogP contribution is 2.24. The summed E-state index contributed by atoms with van der Waals surface area (Å²) in [4.78, 5) is 0. The Kier molecular flexibility index (Phi) is 5.06. The Labute approximate surface area is 127 Å². The highest BCUT2D eigenvalue weighted by atomic mass is 79.9. The molecule has 0 aliphatic carbocycles. The summed E-state index contributed by atoms with van der Waals surface area (Å²) in [6.45, 7) is 1.16. The van der Waals surface area contributed by atoms with E-state index in [9.17, 15) is 4.39 Å². The second-order valence-electron chi connectivity index (χ2n) is 3.88. The SMILES string of the molecule is COCCn1c(CBr)nnc1-c1cc(F)cc(Br)c1. The van der Waals surface area contributed by atoms with Crippen molar-refractivity contribution in [2.24, 2.45) is 0 Å². The second-order valence-corrected chi connectivity index (χ2v) is 5.35. The van der Waals surface area contributed by atoms with E-state index in [-0.39, 0.29) is 5.82 Å². The molecule has 19 heavy (non-hydrogen) atoms. The minimum absolute atomic E-state index is 0.314. The Hall–Kier alpha value is -0.790. The molecule has 0 aliphatic rings. The maximum Gasteiger partial charge on any atom is 0.164 e. The summed E-state index contributed by atoms with van der Waals surface area (Å²) < 4.78 is 21.1. The predicted octanol–water partition coefficient (Wildman–Crippen LogP) is 3.39. The first-order valence-electron chi connectivity index (χ1n) is 5.59. The summed E-state index contributed by atoms with van der Waals surface area (Å²) in [5.41, 5.74) is 0.683. The van der Waals surface area contributed by atoms with Crippen LogP contribution in [0.1, 0.15) is 5.82 Å². The van der Waals surface area contributed by atoms with Gasteiger partial charge in [0, 0.05) is 23.7 Å². The van der Waals surface area contributed by atoms with Crippen LogP contribution in [0.2, 0.25) is 0 Å². The van der Waals surface area contributed by atoms with Gasteiger partial charge in [-0.15, -0.1) is 10.2 Å². The molecule has 1 aromatic carbocycles. The minimum Gasteiger partial charge on any atom is -0.383 e. The van der Waals surface area contributed by atoms with Crippen LogP contribution in [-0.4, -0.2) is 28.5 Å². The van der Waals surface area contributed by atoms with Gasteiger partial charge in [-0.25, -0.2) is 4.39 Å². The second kappa shape index (κ2) is 6.58. The fourth-order valence-corrected chi connectivity index (χ4v) is 2.63. The normalized spacial score (nSPS) is 10.9. The third kappa shape index (κ3) is 3.40. The van der Waals surface area contributed by atoms with Crippen LogP contribution in [0, 0.1) is 5.82 Å². The van der Waals surface area contributed by atoms with Crippen molar-refractivity contribution in [1.29, 1.82) is 0 Å². The number of benzene rings is 1. The molecule has 2 aromatic rings. The lowest BCUT2D eigenvalue weighted by molar-refractivity contribution is 0.187. The molecular formula is C12H12Br2FN3O. The molecule has 0 saturated carbocycles. The number of hydrogen-bond acceptors (Lipinski definition) is 3. The van der Waals surface area contributed by atoms with Crippen molar-refractivity contribution in [2.45, 2.75) is 11.9 Å². The van der Waals surface area contributed by atoms with Crippen LogP contribution >= 0.6 is 31.9 Å². The molecule has 7 heteroatoms. The maximum atomic E-state index is 13.5. The number of halogens is 3. The van der Waals surface area contributed by atoms with Crippen LogP contribution < -0.4 is 0 Å². The van der Waals surface area contributed by atoms with Gasteiger partial charge in [-0.05, 0) is 18.2 Å². The van der Waals surface area contributed by atoms with E-state index in [2.05, 4.69) is 42.1 Å². The van der Waals surface area contributed by atoms with Gasteiger partial charge < -0.3 is 9.30 Å². The number of methoxy groups -OCH3 is 1. The van der Waals surface area contributed by atoms with E-state index in [1.54, 1.807) is 7.11 Å². The molecule has 2 rings (SSSR count). The molecule has 102 valence electrons. The molecule has 0 fully saturated rings. The largest absolute Gasteiger partial charge is 0.383 e. The molecule has 0 N–H and O–H groups in total. The molecule has 0 atom stereocenters. The molecule has 0 amide bonds. The Bertz CT molecular complexity index is 554. The van der Waals surface area contributed by atoms with E-state index < -0.39 is 0 Å². The Balaban J connectivity index is 2.45. The molecule has 0 bridgehead atoms. The first-order valence-corrected chi connectivity index (χ1v) is 7.50. The van der Waals surface area contributed by atoms with E-state index in [4.69, 9.17) is 4.74 Å². The summed E-state index contributed by atoms with van der Waals surface area (Å²) in [6.07, 6.45) is 0. The van der Waals surface area contributed by atoms with Gasteiger partial charge >= 0.3 is 0 Å². The van der Waals surface area contributed by atoms with E-state index in [1.807, 2.05) is 10.6 Å². The highest BCUT2D eigenvalue weighted by Gasteiger charge is 2.14. The van der Waals surface area contributed by atoms with Crippen molar-refractivity contribution in [3.63, 3.8) is 0 Å². The van der Waals surface area contributed by atoms with Gasteiger partial charge in [0.05, 0.1) is 11.9 Å². The molecule has 1 aromatic heterocycles. The Morgan fingerprint density at radius 2 is 2.11 bits per heavy atom. The fourth-order valence-electron chi connectivity index (χ4n) is 1.75. The van der Waals surface area contributed by atoms with Crippen LogP contribution in [0.5, 0.6) is 0 Å². The van der Waals surface area contributed by atoms with E-state index in [1.165, 1.54) is 12.1 Å². The van der Waals surface area contributed by atoms with Crippen LogP contribution in [0.3, 0.4) is 0 Å². The van der Waals surface area contributed by atoms with Gasteiger partial charge in [-0.1, -0.05) is 31.9 Å². The zero-order chi connectivity index (χ0) is 13.8. The summed E-state index contributed by atoms with van der Waals surface area (Å²) in [5, 5.41) is 8.81. The molecule has 0 spiro atoms. The summed E-state index contributed by atoms with van der Waals surface area (Å²) in [6, 6.07) is 4.66. The topological polar surface area (TPSA) is 39.9 Å². The summed E-state index contributed by atoms with van der Waals surface area (Å²) in [7, 11) is 1.64. The average molecular weight is 393 g/mol. The van der Waals surface area contributed by atoms with Crippen molar-refractivity contribution in [3.05, 3.63) is 34.3 Å². The number of alkyl halides is 1. The summed E-state index contributed by atoms with van der Waals surface area (Å²) >= 11 is 6.65. The molecule has 0 aliphatic heterocycles. The van der Waals surface area contributed by atoms with Crippen LogP contribution in [-0.2, 0) is 16.6 Å². The van der Waals surface area contributed by atoms with E-state index in [0.717, 1.165) is 5.82 Å². The third-order valence-electron chi connectivity index (χ3n) is 2.59. The lowest BCUT2D eigenvalue weighted by Gasteiger charge is -2.09. The van der Waals surface area contributed by atoms with Crippen molar-refractivity contribution in [3.8, 4) is 11.4 Å². The number of nitrogens with zero attached hydrogens (tertiary/aromatic N) is 3. The fraction of sp³-hybridized carbons (Fsp3) is 0.333. The highest BCUT2D eigenvalue weighted by molar-refractivity contribution is 9.10. The molecule has 0 radical (unpaired) electrons. The van der Waals surface area contributed by atoms with Gasteiger partial charge in [0.25, 0.3) is 0 Å². The van der Waals surface area contributed by atoms with Crippen molar-refractivity contribution in [2.75, 3.05) is 13.7 Å². The molecule has 0 unspecified atom stereocenters. The average Bonchev–Trinajstić information content (AvgIpc) is 2.77. The molecule has 4 nitrogen and oxygen atoms in total. The van der Waals surface area contributed by atoms with Crippen molar-refractivity contribution >= 4 is 31.9 Å². The van der Waals surface area contributed by atoms with Gasteiger partial charge in [0.15, 0.2) is 5.82 Å². The Morgan fingerprint density at radius 1 is 1.32 bits per heavy atom. The first kappa shape index (κ1) is 14.6. The van der Waals surface area contributed by atoms with Crippen LogP contribution in [0.15, 0.2) is 22.7 Å². The van der Waals surface area contributed by atoms with Gasteiger partial charge in [-0.2, -0.15) is 0 Å². The monoisotopic (exact) mass is 391 g/mol. The molecule has 1 heterocycles. The van der Waals surface area contributed by atoms with Crippen molar-refractivity contribution in [1.82, 2.24) is 14.8 Å². The predicted molar refractivity (Wildman–Crippen MR) is 77.6 cm³/mol. The lowest BCUT2D eigenvalue weighted by Crippen LogP contribution is -2.09. The zero-order valence-corrected chi connectivity index (χ0v) is 13.4. The molecular weight excluding hydrogens is 381 g/mol. The standard InChI is InChI=1S/C12H12Br2FN3O/c1-19-3-2-18-11(7-13)16-17-12(18)8-4-9(14)6-10(15)5-8/h4-6H,2-3,7H2,1H3. The number of rotatable bonds is 5. The first-order chi connectivity index (χ1) is 9.15. The minimum atomic E-state index is -0.314.